The van der Waals surface area contributed by atoms with Gasteiger partial charge in [-0.3, -0.25) is 9.36 Å². The number of aromatic nitrogens is 2. The number of anilines is 1. The standard InChI is InChI=1S/C27H26BrClN4O3/c1-17-8-11-20(12-9-17)33-25(30-24-16-19(29)10-13-21(24)26(33)34)18(2)32(14-15-36-3)27(35)31-23-7-5-4-6-22(23)28/h4-13,16,18H,14-15H2,1-3H3,(H,31,35). The number of fused-ring (bicyclic) bond motifs is 1. The number of urea groups is 1. The molecule has 0 radical (unpaired) electrons. The number of ether oxygens (including phenoxy) is 1. The Morgan fingerprint density at radius 3 is 2.58 bits per heavy atom. The maximum absolute atomic E-state index is 13.7. The van der Waals surface area contributed by atoms with Gasteiger partial charge in [0.25, 0.3) is 5.56 Å². The van der Waals surface area contributed by atoms with E-state index in [1.165, 1.54) is 0 Å². The summed E-state index contributed by atoms with van der Waals surface area (Å²) in [5.41, 5.74) is 2.59. The maximum Gasteiger partial charge on any atom is 0.322 e. The Bertz CT molecular complexity index is 1460. The average Bonchev–Trinajstić information content (AvgIpc) is 2.86. The molecule has 7 nitrogen and oxygen atoms in total. The Balaban J connectivity index is 1.85. The highest BCUT2D eigenvalue weighted by Crippen LogP contribution is 2.27. The van der Waals surface area contributed by atoms with E-state index >= 15 is 0 Å². The summed E-state index contributed by atoms with van der Waals surface area (Å²) in [6, 6.07) is 19.1. The molecule has 0 saturated carbocycles. The van der Waals surface area contributed by atoms with Gasteiger partial charge in [0.05, 0.1) is 34.9 Å². The van der Waals surface area contributed by atoms with E-state index in [2.05, 4.69) is 21.2 Å². The van der Waals surface area contributed by atoms with Gasteiger partial charge in [-0.15, -0.1) is 0 Å². The molecule has 4 rings (SSSR count). The molecule has 1 N–H and O–H groups in total. The molecule has 0 aliphatic heterocycles. The van der Waals surface area contributed by atoms with Crippen molar-refractivity contribution < 1.29 is 9.53 Å². The molecule has 0 fully saturated rings. The summed E-state index contributed by atoms with van der Waals surface area (Å²) < 4.78 is 7.60. The second kappa shape index (κ2) is 11.2. The van der Waals surface area contributed by atoms with Gasteiger partial charge in [0.1, 0.15) is 5.82 Å². The van der Waals surface area contributed by atoms with Crippen molar-refractivity contribution in [2.24, 2.45) is 0 Å². The zero-order valence-electron chi connectivity index (χ0n) is 20.2. The zero-order valence-corrected chi connectivity index (χ0v) is 22.5. The van der Waals surface area contributed by atoms with Crippen molar-refractivity contribution in [1.29, 1.82) is 0 Å². The molecule has 1 unspecified atom stereocenters. The molecule has 0 aliphatic carbocycles. The topological polar surface area (TPSA) is 76.5 Å². The quantitative estimate of drug-likeness (QED) is 0.281. The number of hydrogen-bond donors (Lipinski definition) is 1. The lowest BCUT2D eigenvalue weighted by atomic mass is 10.1. The van der Waals surface area contributed by atoms with Crippen molar-refractivity contribution in [3.05, 3.63) is 98.0 Å². The predicted octanol–water partition coefficient (Wildman–Crippen LogP) is 6.35. The minimum atomic E-state index is -0.583. The Hall–Kier alpha value is -3.20. The third kappa shape index (κ3) is 5.46. The number of benzene rings is 3. The number of carbonyl (C=O) groups excluding carboxylic acids is 1. The van der Waals surface area contributed by atoms with Crippen molar-refractivity contribution >= 4 is 50.2 Å². The molecule has 36 heavy (non-hydrogen) atoms. The number of rotatable bonds is 7. The number of para-hydroxylation sites is 1. The van der Waals surface area contributed by atoms with Crippen LogP contribution in [0.2, 0.25) is 5.02 Å². The largest absolute Gasteiger partial charge is 0.383 e. The number of halogens is 2. The first kappa shape index (κ1) is 25.9. The number of nitrogens with zero attached hydrogens (tertiary/aromatic N) is 3. The Labute approximate surface area is 222 Å². The fourth-order valence-electron chi connectivity index (χ4n) is 3.95. The van der Waals surface area contributed by atoms with E-state index in [4.69, 9.17) is 21.3 Å². The van der Waals surface area contributed by atoms with E-state index in [0.717, 1.165) is 10.0 Å². The minimum Gasteiger partial charge on any atom is -0.383 e. The molecule has 0 saturated heterocycles. The number of methoxy groups -OCH3 is 1. The van der Waals surface area contributed by atoms with Crippen molar-refractivity contribution in [3.8, 4) is 5.69 Å². The van der Waals surface area contributed by atoms with Gasteiger partial charge in [-0.05, 0) is 72.2 Å². The van der Waals surface area contributed by atoms with Crippen molar-refractivity contribution in [3.63, 3.8) is 0 Å². The molecule has 4 aromatic rings. The van der Waals surface area contributed by atoms with Crippen LogP contribution in [0.5, 0.6) is 0 Å². The molecule has 9 heteroatoms. The molecule has 1 aromatic heterocycles. The monoisotopic (exact) mass is 568 g/mol. The van der Waals surface area contributed by atoms with E-state index < -0.39 is 6.04 Å². The second-order valence-electron chi connectivity index (χ2n) is 8.38. The van der Waals surface area contributed by atoms with Crippen LogP contribution in [-0.4, -0.2) is 40.7 Å². The van der Waals surface area contributed by atoms with Crippen LogP contribution in [0.3, 0.4) is 0 Å². The summed E-state index contributed by atoms with van der Waals surface area (Å²) in [5.74, 6) is 0.414. The molecular weight excluding hydrogens is 544 g/mol. The Morgan fingerprint density at radius 2 is 1.89 bits per heavy atom. The summed E-state index contributed by atoms with van der Waals surface area (Å²) in [7, 11) is 1.58. The second-order valence-corrected chi connectivity index (χ2v) is 9.67. The molecular formula is C27H26BrClN4O3. The normalized spacial score (nSPS) is 11.9. The zero-order chi connectivity index (χ0) is 25.8. The average molecular weight is 570 g/mol. The maximum atomic E-state index is 13.7. The molecule has 1 atom stereocenters. The lowest BCUT2D eigenvalue weighted by Crippen LogP contribution is -2.41. The predicted molar refractivity (Wildman–Crippen MR) is 147 cm³/mol. The fourth-order valence-corrected chi connectivity index (χ4v) is 4.50. The van der Waals surface area contributed by atoms with E-state index in [0.29, 0.717) is 39.7 Å². The summed E-state index contributed by atoms with van der Waals surface area (Å²) in [5, 5.41) is 3.86. The summed E-state index contributed by atoms with van der Waals surface area (Å²) in [6.45, 7) is 4.42. The van der Waals surface area contributed by atoms with Gasteiger partial charge >= 0.3 is 6.03 Å². The molecule has 0 spiro atoms. The van der Waals surface area contributed by atoms with Crippen molar-refractivity contribution in [2.45, 2.75) is 19.9 Å². The van der Waals surface area contributed by atoms with Gasteiger partial charge in [0.15, 0.2) is 0 Å². The van der Waals surface area contributed by atoms with Crippen LogP contribution >= 0.6 is 27.5 Å². The van der Waals surface area contributed by atoms with Crippen LogP contribution in [0.4, 0.5) is 10.5 Å². The smallest absolute Gasteiger partial charge is 0.322 e. The summed E-state index contributed by atoms with van der Waals surface area (Å²) in [6.07, 6.45) is 0. The molecule has 0 bridgehead atoms. The fraction of sp³-hybridized carbons (Fsp3) is 0.222. The van der Waals surface area contributed by atoms with Crippen LogP contribution in [0.25, 0.3) is 16.6 Å². The highest BCUT2D eigenvalue weighted by Gasteiger charge is 2.27. The van der Waals surface area contributed by atoms with Crippen molar-refractivity contribution in [2.75, 3.05) is 25.6 Å². The molecule has 0 aliphatic rings. The SMILES string of the molecule is COCCN(C(=O)Nc1ccccc1Br)C(C)c1nc2cc(Cl)ccc2c(=O)n1-c1ccc(C)cc1. The molecule has 3 aromatic carbocycles. The van der Waals surface area contributed by atoms with Gasteiger partial charge in [-0.2, -0.15) is 0 Å². The Morgan fingerprint density at radius 1 is 1.17 bits per heavy atom. The highest BCUT2D eigenvalue weighted by atomic mass is 79.9. The molecule has 186 valence electrons. The van der Waals surface area contributed by atoms with Gasteiger partial charge in [0.2, 0.25) is 0 Å². The van der Waals surface area contributed by atoms with Crippen molar-refractivity contribution in [1.82, 2.24) is 14.5 Å². The minimum absolute atomic E-state index is 0.236. The number of nitrogens with one attached hydrogen (secondary N) is 1. The lowest BCUT2D eigenvalue weighted by Gasteiger charge is -2.30. The van der Waals surface area contributed by atoms with E-state index in [-0.39, 0.29) is 18.1 Å². The van der Waals surface area contributed by atoms with Crippen LogP contribution in [0, 0.1) is 6.92 Å². The van der Waals surface area contributed by atoms with Gasteiger partial charge in [-0.1, -0.05) is 41.4 Å². The third-order valence-electron chi connectivity index (χ3n) is 5.90. The first-order chi connectivity index (χ1) is 17.3. The number of carbonyl (C=O) groups is 1. The number of aryl methyl sites for hydroxylation is 1. The number of hydrogen-bond acceptors (Lipinski definition) is 4. The third-order valence-corrected chi connectivity index (χ3v) is 6.83. The van der Waals surface area contributed by atoms with E-state index in [1.54, 1.807) is 40.8 Å². The van der Waals surface area contributed by atoms with Crippen LogP contribution in [0.1, 0.15) is 24.4 Å². The Kier molecular flexibility index (Phi) is 8.08. The molecule has 2 amide bonds. The summed E-state index contributed by atoms with van der Waals surface area (Å²) >= 11 is 9.69. The van der Waals surface area contributed by atoms with Gasteiger partial charge in [0, 0.05) is 23.1 Å². The first-order valence-corrected chi connectivity index (χ1v) is 12.6. The summed E-state index contributed by atoms with van der Waals surface area (Å²) in [4.78, 5) is 33.6. The van der Waals surface area contributed by atoms with Gasteiger partial charge in [-0.25, -0.2) is 9.78 Å². The first-order valence-electron chi connectivity index (χ1n) is 11.4. The highest BCUT2D eigenvalue weighted by molar-refractivity contribution is 9.10. The van der Waals surface area contributed by atoms with Crippen LogP contribution in [0.15, 0.2) is 76.0 Å². The molecule has 1 heterocycles. The van der Waals surface area contributed by atoms with Crippen LogP contribution in [-0.2, 0) is 4.74 Å². The lowest BCUT2D eigenvalue weighted by molar-refractivity contribution is 0.137. The number of amides is 2. The van der Waals surface area contributed by atoms with Gasteiger partial charge < -0.3 is 15.0 Å². The van der Waals surface area contributed by atoms with Crippen LogP contribution < -0.4 is 10.9 Å². The van der Waals surface area contributed by atoms with E-state index in [1.807, 2.05) is 56.3 Å². The van der Waals surface area contributed by atoms with E-state index in [9.17, 15) is 9.59 Å².